The smallest absolute Gasteiger partial charge is 0.420 e. The third-order valence-corrected chi connectivity index (χ3v) is 7.44. The predicted molar refractivity (Wildman–Crippen MR) is 133 cm³/mol. The SMILES string of the molecule is COc1cc2c(Oc3ccc(C4(C(N)=O)CCCC4)cc3)c(OC(=O)Nc3nn[nH]n3)sc2cc1C. The number of benzene rings is 2. The van der Waals surface area contributed by atoms with Gasteiger partial charge < -0.3 is 19.9 Å². The molecule has 0 atom stereocenters. The standard InChI is InChI=1S/C24H24N6O5S/c1-13-11-18-16(12-17(13)33-2)19(20(36-18)35-23(32)26-22-27-29-30-28-22)34-15-7-5-14(6-8-15)24(21(25)31)9-3-4-10-24/h5-8,11-12H,3-4,9-10H2,1-2H3,(H2,25,31)(H2,26,27,28,29,30,32). The zero-order chi connectivity index (χ0) is 25.3. The minimum Gasteiger partial charge on any atom is -0.496 e. The van der Waals surface area contributed by atoms with Gasteiger partial charge in [-0.15, -0.1) is 5.10 Å². The Hall–Kier alpha value is -4.19. The number of rotatable bonds is 7. The van der Waals surface area contributed by atoms with E-state index in [0.29, 0.717) is 17.2 Å². The Labute approximate surface area is 209 Å². The molecule has 186 valence electrons. The molecule has 2 aromatic heterocycles. The summed E-state index contributed by atoms with van der Waals surface area (Å²) in [7, 11) is 1.59. The predicted octanol–water partition coefficient (Wildman–Crippen LogP) is 4.43. The number of hydrogen-bond donors (Lipinski definition) is 3. The van der Waals surface area contributed by atoms with E-state index in [9.17, 15) is 9.59 Å². The number of H-pyrrole nitrogens is 1. The Morgan fingerprint density at radius 2 is 1.92 bits per heavy atom. The first-order valence-corrected chi connectivity index (χ1v) is 12.1. The Balaban J connectivity index is 1.48. The third kappa shape index (κ3) is 4.31. The number of aromatic nitrogens is 4. The van der Waals surface area contributed by atoms with Gasteiger partial charge in [0.1, 0.15) is 11.5 Å². The number of hydrogen-bond acceptors (Lipinski definition) is 9. The normalized spacial score (nSPS) is 14.5. The van der Waals surface area contributed by atoms with E-state index in [2.05, 4.69) is 25.9 Å². The molecular weight excluding hydrogens is 484 g/mol. The lowest BCUT2D eigenvalue weighted by molar-refractivity contribution is -0.123. The van der Waals surface area contributed by atoms with Gasteiger partial charge in [-0.3, -0.25) is 10.1 Å². The molecule has 12 heteroatoms. The number of nitrogens with two attached hydrogens (primary N) is 1. The van der Waals surface area contributed by atoms with E-state index in [4.69, 9.17) is 19.9 Å². The molecule has 1 saturated carbocycles. The molecule has 11 nitrogen and oxygen atoms in total. The van der Waals surface area contributed by atoms with E-state index in [-0.39, 0.29) is 16.9 Å². The Bertz CT molecular complexity index is 1410. The van der Waals surface area contributed by atoms with Gasteiger partial charge in [0.05, 0.1) is 12.5 Å². The molecule has 1 aliphatic rings. The van der Waals surface area contributed by atoms with Crippen molar-refractivity contribution in [1.82, 2.24) is 20.6 Å². The van der Waals surface area contributed by atoms with Crippen LogP contribution in [0, 0.1) is 6.92 Å². The summed E-state index contributed by atoms with van der Waals surface area (Å²) in [5.74, 6) is 1.22. The molecule has 0 radical (unpaired) electrons. The molecule has 2 heterocycles. The molecule has 1 fully saturated rings. The van der Waals surface area contributed by atoms with Crippen LogP contribution in [0.25, 0.3) is 10.1 Å². The van der Waals surface area contributed by atoms with Gasteiger partial charge in [-0.05, 0) is 60.4 Å². The lowest BCUT2D eigenvalue weighted by Crippen LogP contribution is -2.38. The molecule has 1 aliphatic carbocycles. The van der Waals surface area contributed by atoms with Gasteiger partial charge in [0.2, 0.25) is 11.0 Å². The van der Waals surface area contributed by atoms with E-state index in [1.54, 1.807) is 19.2 Å². The summed E-state index contributed by atoms with van der Waals surface area (Å²) in [5, 5.41) is 16.4. The zero-order valence-corrected chi connectivity index (χ0v) is 20.5. The lowest BCUT2D eigenvalue weighted by Gasteiger charge is -2.25. The first-order chi connectivity index (χ1) is 17.4. The van der Waals surface area contributed by atoms with Crippen molar-refractivity contribution in [3.8, 4) is 22.3 Å². The highest BCUT2D eigenvalue weighted by molar-refractivity contribution is 7.21. The van der Waals surface area contributed by atoms with Crippen LogP contribution < -0.4 is 25.3 Å². The molecule has 4 aromatic rings. The van der Waals surface area contributed by atoms with Gasteiger partial charge in [-0.25, -0.2) is 4.79 Å². The number of tetrazole rings is 1. The van der Waals surface area contributed by atoms with Crippen molar-refractivity contribution in [2.45, 2.75) is 38.0 Å². The van der Waals surface area contributed by atoms with Crippen molar-refractivity contribution in [1.29, 1.82) is 0 Å². The molecule has 0 saturated heterocycles. The number of nitrogens with one attached hydrogen (secondary N) is 2. The molecule has 5 rings (SSSR count). The third-order valence-electron chi connectivity index (χ3n) is 6.43. The van der Waals surface area contributed by atoms with Gasteiger partial charge in [0, 0.05) is 10.1 Å². The van der Waals surface area contributed by atoms with E-state index in [1.165, 1.54) is 11.3 Å². The second-order valence-electron chi connectivity index (χ2n) is 8.57. The fourth-order valence-corrected chi connectivity index (χ4v) is 5.65. The quantitative estimate of drug-likeness (QED) is 0.331. The molecule has 2 aromatic carbocycles. The average Bonchev–Trinajstić information content (AvgIpc) is 3.61. The summed E-state index contributed by atoms with van der Waals surface area (Å²) in [4.78, 5) is 24.7. The minimum absolute atomic E-state index is 0.0213. The lowest BCUT2D eigenvalue weighted by atomic mass is 9.78. The van der Waals surface area contributed by atoms with Gasteiger partial charge in [-0.2, -0.15) is 5.21 Å². The number of primary amides is 1. The molecule has 36 heavy (non-hydrogen) atoms. The van der Waals surface area contributed by atoms with E-state index in [0.717, 1.165) is 46.9 Å². The topological polar surface area (TPSA) is 154 Å². The van der Waals surface area contributed by atoms with Crippen LogP contribution >= 0.6 is 11.3 Å². The van der Waals surface area contributed by atoms with Crippen molar-refractivity contribution < 1.29 is 23.8 Å². The van der Waals surface area contributed by atoms with Crippen LogP contribution in [-0.4, -0.2) is 39.7 Å². The second-order valence-corrected chi connectivity index (χ2v) is 9.58. The fourth-order valence-electron chi connectivity index (χ4n) is 4.59. The Morgan fingerprint density at radius 3 is 2.56 bits per heavy atom. The molecular formula is C24H24N6O5S. The number of fused-ring (bicyclic) bond motifs is 1. The van der Waals surface area contributed by atoms with Gasteiger partial charge >= 0.3 is 6.09 Å². The maximum Gasteiger partial charge on any atom is 0.420 e. The first kappa shape index (κ1) is 23.5. The van der Waals surface area contributed by atoms with Crippen molar-refractivity contribution in [3.63, 3.8) is 0 Å². The maximum atomic E-state index is 12.5. The number of ether oxygens (including phenoxy) is 3. The number of anilines is 1. The van der Waals surface area contributed by atoms with Crippen LogP contribution in [0.1, 0.15) is 36.8 Å². The summed E-state index contributed by atoms with van der Waals surface area (Å²) in [6.07, 6.45) is 2.62. The van der Waals surface area contributed by atoms with Gasteiger partial charge in [-0.1, -0.05) is 41.4 Å². The average molecular weight is 509 g/mol. The molecule has 4 N–H and O–H groups in total. The van der Waals surface area contributed by atoms with Crippen LogP contribution in [0.2, 0.25) is 0 Å². The maximum absolute atomic E-state index is 12.5. The molecule has 0 aliphatic heterocycles. The fraction of sp³-hybridized carbons (Fsp3) is 0.292. The highest BCUT2D eigenvalue weighted by Gasteiger charge is 2.41. The van der Waals surface area contributed by atoms with Crippen molar-refractivity contribution in [2.75, 3.05) is 12.4 Å². The first-order valence-electron chi connectivity index (χ1n) is 11.3. The van der Waals surface area contributed by atoms with Crippen molar-refractivity contribution in [3.05, 3.63) is 47.5 Å². The summed E-state index contributed by atoms with van der Waals surface area (Å²) in [6, 6.07) is 11.1. The van der Waals surface area contributed by atoms with E-state index >= 15 is 0 Å². The number of nitrogens with zero attached hydrogens (tertiary/aromatic N) is 3. The summed E-state index contributed by atoms with van der Waals surface area (Å²) < 4.78 is 18.1. The minimum atomic E-state index is -0.795. The highest BCUT2D eigenvalue weighted by Crippen LogP contribution is 2.48. The number of aromatic amines is 1. The van der Waals surface area contributed by atoms with Crippen LogP contribution in [0.15, 0.2) is 36.4 Å². The number of carbonyl (C=O) groups excluding carboxylic acids is 2. The molecule has 2 amide bonds. The van der Waals surface area contributed by atoms with E-state index < -0.39 is 11.5 Å². The van der Waals surface area contributed by atoms with Crippen LogP contribution in [0.3, 0.4) is 0 Å². The largest absolute Gasteiger partial charge is 0.496 e. The second kappa shape index (κ2) is 9.46. The van der Waals surface area contributed by atoms with Gasteiger partial charge in [0.15, 0.2) is 5.75 Å². The number of thiophene rings is 1. The Kier molecular flexibility index (Phi) is 6.18. The molecule has 0 unspecified atom stereocenters. The molecule has 0 spiro atoms. The monoisotopic (exact) mass is 508 g/mol. The summed E-state index contributed by atoms with van der Waals surface area (Å²) in [6.45, 7) is 1.93. The van der Waals surface area contributed by atoms with Gasteiger partial charge in [0.25, 0.3) is 5.95 Å². The Morgan fingerprint density at radius 1 is 1.17 bits per heavy atom. The van der Waals surface area contributed by atoms with Crippen LogP contribution in [0.5, 0.6) is 22.3 Å². The highest BCUT2D eigenvalue weighted by atomic mass is 32.1. The number of aryl methyl sites for hydroxylation is 1. The van der Waals surface area contributed by atoms with Crippen molar-refractivity contribution in [2.24, 2.45) is 5.73 Å². The van der Waals surface area contributed by atoms with Crippen LogP contribution in [-0.2, 0) is 10.2 Å². The van der Waals surface area contributed by atoms with Crippen molar-refractivity contribution >= 4 is 39.4 Å². The molecule has 0 bridgehead atoms. The number of amides is 2. The van der Waals surface area contributed by atoms with E-state index in [1.807, 2.05) is 31.2 Å². The zero-order valence-electron chi connectivity index (χ0n) is 19.7. The van der Waals surface area contributed by atoms with Crippen LogP contribution in [0.4, 0.5) is 10.7 Å². The number of methoxy groups -OCH3 is 1. The summed E-state index contributed by atoms with van der Waals surface area (Å²) in [5.41, 5.74) is 6.95. The number of carbonyl (C=O) groups is 2. The summed E-state index contributed by atoms with van der Waals surface area (Å²) >= 11 is 1.26.